The van der Waals surface area contributed by atoms with Gasteiger partial charge >= 0.3 is 0 Å². The molecule has 0 bridgehead atoms. The highest BCUT2D eigenvalue weighted by Gasteiger charge is 2.29. The summed E-state index contributed by atoms with van der Waals surface area (Å²) in [6, 6.07) is 7.59. The Bertz CT molecular complexity index is 429. The van der Waals surface area contributed by atoms with Gasteiger partial charge in [0.1, 0.15) is 5.75 Å². The zero-order valence-electron chi connectivity index (χ0n) is 11.3. The van der Waals surface area contributed by atoms with E-state index in [0.29, 0.717) is 30.3 Å². The summed E-state index contributed by atoms with van der Waals surface area (Å²) < 4.78 is 5.16. The van der Waals surface area contributed by atoms with Crippen molar-refractivity contribution in [1.82, 2.24) is 4.90 Å². The molecule has 1 aromatic rings. The van der Waals surface area contributed by atoms with Gasteiger partial charge in [0.05, 0.1) is 7.11 Å². The molecule has 0 unspecified atom stereocenters. The molecule has 1 amide bonds. The first kappa shape index (κ1) is 13.9. The molecule has 0 heterocycles. The highest BCUT2D eigenvalue weighted by molar-refractivity contribution is 5.94. The molecule has 0 aromatic heterocycles. The van der Waals surface area contributed by atoms with Gasteiger partial charge in [-0.05, 0) is 43.9 Å². The number of hydrogen-bond acceptors (Lipinski definition) is 3. The average Bonchev–Trinajstić information content (AvgIpc) is 2.40. The van der Waals surface area contributed by atoms with Gasteiger partial charge in [0.15, 0.2) is 0 Å². The van der Waals surface area contributed by atoms with Crippen LogP contribution in [0.2, 0.25) is 0 Å². The van der Waals surface area contributed by atoms with Crippen molar-refractivity contribution in [2.45, 2.75) is 31.7 Å². The lowest BCUT2D eigenvalue weighted by Crippen LogP contribution is -2.44. The number of carbonyl (C=O) groups is 1. The molecule has 1 aromatic carbocycles. The van der Waals surface area contributed by atoms with E-state index in [4.69, 9.17) is 9.84 Å². The average molecular weight is 263 g/mol. The zero-order chi connectivity index (χ0) is 13.7. The van der Waals surface area contributed by atoms with Gasteiger partial charge < -0.3 is 14.7 Å². The van der Waals surface area contributed by atoms with Crippen molar-refractivity contribution in [3.63, 3.8) is 0 Å². The minimum atomic E-state index is 0.0389. The largest absolute Gasteiger partial charge is 0.497 e. The summed E-state index contributed by atoms with van der Waals surface area (Å²) in [5.74, 6) is 0.735. The number of nitrogens with zero attached hydrogens (tertiary/aromatic N) is 1. The molecule has 19 heavy (non-hydrogen) atoms. The van der Waals surface area contributed by atoms with Crippen molar-refractivity contribution in [2.75, 3.05) is 20.3 Å². The molecule has 4 heteroatoms. The van der Waals surface area contributed by atoms with Crippen molar-refractivity contribution in [2.24, 2.45) is 0 Å². The smallest absolute Gasteiger partial charge is 0.254 e. The number of aliphatic hydroxyl groups is 1. The summed E-state index contributed by atoms with van der Waals surface area (Å²) in [4.78, 5) is 14.4. The van der Waals surface area contributed by atoms with Gasteiger partial charge in [-0.3, -0.25) is 4.79 Å². The van der Waals surface area contributed by atoms with E-state index in [-0.39, 0.29) is 12.5 Å². The maximum atomic E-state index is 12.5. The van der Waals surface area contributed by atoms with Crippen molar-refractivity contribution < 1.29 is 14.6 Å². The van der Waals surface area contributed by atoms with Gasteiger partial charge in [-0.2, -0.15) is 0 Å². The van der Waals surface area contributed by atoms with E-state index >= 15 is 0 Å². The van der Waals surface area contributed by atoms with Crippen LogP contribution in [-0.2, 0) is 0 Å². The summed E-state index contributed by atoms with van der Waals surface area (Å²) in [5.41, 5.74) is 0.657. The third-order valence-electron chi connectivity index (χ3n) is 3.65. The molecular formula is C15H21NO3. The zero-order valence-corrected chi connectivity index (χ0v) is 11.3. The van der Waals surface area contributed by atoms with Crippen LogP contribution in [0.25, 0.3) is 0 Å². The number of aliphatic hydroxyl groups excluding tert-OH is 1. The molecular weight excluding hydrogens is 242 g/mol. The second kappa shape index (κ2) is 6.57. The van der Waals surface area contributed by atoms with Crippen molar-refractivity contribution in [3.8, 4) is 5.75 Å². The maximum absolute atomic E-state index is 12.5. The third-order valence-corrected chi connectivity index (χ3v) is 3.65. The molecule has 0 aliphatic heterocycles. The molecule has 0 radical (unpaired) electrons. The van der Waals surface area contributed by atoms with Crippen LogP contribution in [-0.4, -0.2) is 42.2 Å². The number of hydrogen-bond donors (Lipinski definition) is 1. The minimum absolute atomic E-state index is 0.0389. The lowest BCUT2D eigenvalue weighted by molar-refractivity contribution is 0.0562. The molecule has 4 nitrogen and oxygen atoms in total. The SMILES string of the molecule is COc1cccc(C(=O)N(CCCO)C2CCC2)c1. The first-order valence-electron chi connectivity index (χ1n) is 6.82. The standard InChI is InChI=1S/C15H21NO3/c1-19-14-8-2-5-12(11-14)15(18)16(9-4-10-17)13-6-3-7-13/h2,5,8,11,13,17H,3-4,6-7,9-10H2,1H3. The van der Waals surface area contributed by atoms with Gasteiger partial charge in [0, 0.05) is 24.8 Å². The van der Waals surface area contributed by atoms with Gasteiger partial charge in [-0.1, -0.05) is 6.07 Å². The molecule has 1 N–H and O–H groups in total. The summed E-state index contributed by atoms with van der Waals surface area (Å²) >= 11 is 0. The Balaban J connectivity index is 2.12. The fourth-order valence-corrected chi connectivity index (χ4v) is 2.31. The third kappa shape index (κ3) is 3.26. The van der Waals surface area contributed by atoms with Crippen LogP contribution in [0, 0.1) is 0 Å². The summed E-state index contributed by atoms with van der Waals surface area (Å²) in [6.45, 7) is 0.742. The Hall–Kier alpha value is -1.55. The number of rotatable bonds is 6. The number of methoxy groups -OCH3 is 1. The number of ether oxygens (including phenoxy) is 1. The second-order valence-electron chi connectivity index (χ2n) is 4.89. The molecule has 0 atom stereocenters. The van der Waals surface area contributed by atoms with E-state index in [0.717, 1.165) is 12.8 Å². The number of benzene rings is 1. The van der Waals surface area contributed by atoms with Crippen LogP contribution >= 0.6 is 0 Å². The van der Waals surface area contributed by atoms with Gasteiger partial charge in [0.25, 0.3) is 5.91 Å². The van der Waals surface area contributed by atoms with E-state index in [1.54, 1.807) is 13.2 Å². The van der Waals surface area contributed by atoms with Crippen LogP contribution < -0.4 is 4.74 Å². The van der Waals surface area contributed by atoms with E-state index in [9.17, 15) is 4.79 Å². The van der Waals surface area contributed by atoms with E-state index < -0.39 is 0 Å². The Labute approximate surface area is 114 Å². The van der Waals surface area contributed by atoms with Crippen molar-refractivity contribution in [3.05, 3.63) is 29.8 Å². The highest BCUT2D eigenvalue weighted by Crippen LogP contribution is 2.27. The topological polar surface area (TPSA) is 49.8 Å². The van der Waals surface area contributed by atoms with Gasteiger partial charge in [-0.25, -0.2) is 0 Å². The van der Waals surface area contributed by atoms with Crippen LogP contribution in [0.15, 0.2) is 24.3 Å². The predicted octanol–water partition coefficient (Wildman–Crippen LogP) is 2.07. The number of carbonyl (C=O) groups excluding carboxylic acids is 1. The molecule has 1 fully saturated rings. The minimum Gasteiger partial charge on any atom is -0.497 e. The summed E-state index contributed by atoms with van der Waals surface area (Å²) in [5, 5.41) is 8.96. The van der Waals surface area contributed by atoms with Crippen LogP contribution in [0.4, 0.5) is 0 Å². The van der Waals surface area contributed by atoms with E-state index in [2.05, 4.69) is 0 Å². The fourth-order valence-electron chi connectivity index (χ4n) is 2.31. The summed E-state index contributed by atoms with van der Waals surface area (Å²) in [7, 11) is 1.60. The monoisotopic (exact) mass is 263 g/mol. The first-order valence-corrected chi connectivity index (χ1v) is 6.82. The van der Waals surface area contributed by atoms with Gasteiger partial charge in [-0.15, -0.1) is 0 Å². The predicted molar refractivity (Wildman–Crippen MR) is 73.4 cm³/mol. The lowest BCUT2D eigenvalue weighted by Gasteiger charge is -2.37. The van der Waals surface area contributed by atoms with Gasteiger partial charge in [0.2, 0.25) is 0 Å². The number of amides is 1. The molecule has 0 saturated heterocycles. The molecule has 0 spiro atoms. The first-order chi connectivity index (χ1) is 9.26. The fraction of sp³-hybridized carbons (Fsp3) is 0.533. The second-order valence-corrected chi connectivity index (χ2v) is 4.89. The molecule has 104 valence electrons. The molecule has 1 aliphatic rings. The van der Waals surface area contributed by atoms with Crippen LogP contribution in [0.5, 0.6) is 5.75 Å². The normalized spacial score (nSPS) is 14.8. The highest BCUT2D eigenvalue weighted by atomic mass is 16.5. The molecule has 2 rings (SSSR count). The van der Waals surface area contributed by atoms with Crippen molar-refractivity contribution >= 4 is 5.91 Å². The summed E-state index contributed by atoms with van der Waals surface area (Å²) in [6.07, 6.45) is 3.96. The quantitative estimate of drug-likeness (QED) is 0.854. The van der Waals surface area contributed by atoms with Crippen LogP contribution in [0.1, 0.15) is 36.0 Å². The maximum Gasteiger partial charge on any atom is 0.254 e. The lowest BCUT2D eigenvalue weighted by atomic mass is 9.90. The van der Waals surface area contributed by atoms with Crippen LogP contribution in [0.3, 0.4) is 0 Å². The molecule has 1 aliphatic carbocycles. The molecule has 1 saturated carbocycles. The van der Waals surface area contributed by atoms with Crippen molar-refractivity contribution in [1.29, 1.82) is 0 Å². The Kier molecular flexibility index (Phi) is 4.80. The Morgan fingerprint density at radius 2 is 2.26 bits per heavy atom. The Morgan fingerprint density at radius 3 is 2.84 bits per heavy atom. The Morgan fingerprint density at radius 1 is 1.47 bits per heavy atom. The van der Waals surface area contributed by atoms with E-state index in [1.165, 1.54) is 6.42 Å². The van der Waals surface area contributed by atoms with E-state index in [1.807, 2.05) is 23.1 Å².